The number of hydrogen-bond donors (Lipinski definition) is 2. The molecular weight excluding hydrogens is 240 g/mol. The van der Waals surface area contributed by atoms with Crippen molar-refractivity contribution in [3.8, 4) is 0 Å². The van der Waals surface area contributed by atoms with Crippen molar-refractivity contribution >= 4 is 23.4 Å². The van der Waals surface area contributed by atoms with E-state index >= 15 is 0 Å². The molecule has 0 aliphatic rings. The van der Waals surface area contributed by atoms with Crippen molar-refractivity contribution in [1.82, 2.24) is 10.6 Å². The maximum Gasteiger partial charge on any atom is 0.235 e. The number of halogens is 1. The van der Waals surface area contributed by atoms with Crippen LogP contribution in [0.5, 0.6) is 0 Å². The van der Waals surface area contributed by atoms with Crippen LogP contribution in [0.3, 0.4) is 0 Å². The zero-order chi connectivity index (χ0) is 12.7. The Morgan fingerprint density at radius 2 is 1.76 bits per heavy atom. The molecule has 1 rings (SSSR count). The van der Waals surface area contributed by atoms with Crippen LogP contribution in [0.2, 0.25) is 0 Å². The van der Waals surface area contributed by atoms with Gasteiger partial charge in [-0.3, -0.25) is 9.59 Å². The summed E-state index contributed by atoms with van der Waals surface area (Å²) in [5.74, 6) is -0.296. The summed E-state index contributed by atoms with van der Waals surface area (Å²) in [6.45, 7) is 2.41. The Labute approximate surface area is 105 Å². The molecule has 0 saturated carbocycles. The van der Waals surface area contributed by atoms with Crippen molar-refractivity contribution in [2.75, 3.05) is 5.88 Å². The zero-order valence-electron chi connectivity index (χ0n) is 9.63. The van der Waals surface area contributed by atoms with Gasteiger partial charge in [-0.1, -0.05) is 24.3 Å². The van der Waals surface area contributed by atoms with Crippen LogP contribution in [0.1, 0.15) is 18.1 Å². The molecule has 0 bridgehead atoms. The fourth-order valence-corrected chi connectivity index (χ4v) is 1.42. The third kappa shape index (κ3) is 5.36. The van der Waals surface area contributed by atoms with Gasteiger partial charge in [0.15, 0.2) is 0 Å². The molecule has 0 aliphatic heterocycles. The zero-order valence-corrected chi connectivity index (χ0v) is 10.4. The SMILES string of the molecule is CC(=O)NCc1cccc(CNC(=O)CCl)c1. The molecule has 1 aromatic carbocycles. The molecule has 0 aromatic heterocycles. The van der Waals surface area contributed by atoms with E-state index in [0.717, 1.165) is 11.1 Å². The minimum absolute atomic E-state index is 0.0361. The Balaban J connectivity index is 2.53. The van der Waals surface area contributed by atoms with Gasteiger partial charge in [-0.2, -0.15) is 0 Å². The van der Waals surface area contributed by atoms with Crippen LogP contribution in [0.25, 0.3) is 0 Å². The average molecular weight is 255 g/mol. The molecule has 2 amide bonds. The minimum atomic E-state index is -0.195. The van der Waals surface area contributed by atoms with Gasteiger partial charge < -0.3 is 10.6 Å². The number of benzene rings is 1. The van der Waals surface area contributed by atoms with Gasteiger partial charge in [-0.15, -0.1) is 11.6 Å². The summed E-state index contributed by atoms with van der Waals surface area (Å²) >= 11 is 5.37. The lowest BCUT2D eigenvalue weighted by molar-refractivity contribution is -0.119. The Hall–Kier alpha value is -1.55. The van der Waals surface area contributed by atoms with Crippen molar-refractivity contribution in [1.29, 1.82) is 0 Å². The monoisotopic (exact) mass is 254 g/mol. The van der Waals surface area contributed by atoms with Crippen LogP contribution in [0.15, 0.2) is 24.3 Å². The van der Waals surface area contributed by atoms with Gasteiger partial charge >= 0.3 is 0 Å². The van der Waals surface area contributed by atoms with Crippen molar-refractivity contribution in [3.63, 3.8) is 0 Å². The number of carbonyl (C=O) groups excluding carboxylic acids is 2. The highest BCUT2D eigenvalue weighted by molar-refractivity contribution is 6.27. The molecule has 0 unspecified atom stereocenters. The third-order valence-electron chi connectivity index (χ3n) is 2.14. The molecule has 17 heavy (non-hydrogen) atoms. The number of nitrogens with one attached hydrogen (secondary N) is 2. The lowest BCUT2D eigenvalue weighted by Crippen LogP contribution is -2.24. The number of alkyl halides is 1. The van der Waals surface area contributed by atoms with E-state index in [2.05, 4.69) is 10.6 Å². The summed E-state index contributed by atoms with van der Waals surface area (Å²) in [6, 6.07) is 7.65. The second kappa shape index (κ2) is 6.91. The minimum Gasteiger partial charge on any atom is -0.352 e. The normalized spacial score (nSPS) is 9.76. The topological polar surface area (TPSA) is 58.2 Å². The quantitative estimate of drug-likeness (QED) is 0.776. The third-order valence-corrected chi connectivity index (χ3v) is 2.39. The first kappa shape index (κ1) is 13.5. The van der Waals surface area contributed by atoms with Crippen LogP contribution in [-0.2, 0) is 22.7 Å². The molecule has 0 spiro atoms. The van der Waals surface area contributed by atoms with Crippen molar-refractivity contribution < 1.29 is 9.59 Å². The van der Waals surface area contributed by atoms with Crippen molar-refractivity contribution in [3.05, 3.63) is 35.4 Å². The molecule has 92 valence electrons. The number of hydrogen-bond acceptors (Lipinski definition) is 2. The van der Waals surface area contributed by atoms with Crippen LogP contribution >= 0.6 is 11.6 Å². The second-order valence-electron chi connectivity index (χ2n) is 3.64. The van der Waals surface area contributed by atoms with Gasteiger partial charge in [0.1, 0.15) is 5.88 Å². The van der Waals surface area contributed by atoms with E-state index in [4.69, 9.17) is 11.6 Å². The molecule has 0 fully saturated rings. The molecule has 0 radical (unpaired) electrons. The largest absolute Gasteiger partial charge is 0.352 e. The highest BCUT2D eigenvalue weighted by Gasteiger charge is 2.00. The van der Waals surface area contributed by atoms with Gasteiger partial charge in [0.05, 0.1) is 0 Å². The number of rotatable bonds is 5. The van der Waals surface area contributed by atoms with Crippen LogP contribution in [0, 0.1) is 0 Å². The summed E-state index contributed by atoms with van der Waals surface area (Å²) in [4.78, 5) is 21.8. The van der Waals surface area contributed by atoms with Crippen LogP contribution < -0.4 is 10.6 Å². The Morgan fingerprint density at radius 1 is 1.18 bits per heavy atom. The van der Waals surface area contributed by atoms with Crippen LogP contribution in [-0.4, -0.2) is 17.7 Å². The molecule has 0 saturated heterocycles. The van der Waals surface area contributed by atoms with E-state index in [1.165, 1.54) is 6.92 Å². The fourth-order valence-electron chi connectivity index (χ4n) is 1.32. The van der Waals surface area contributed by atoms with Gasteiger partial charge in [0.2, 0.25) is 11.8 Å². The maximum atomic E-state index is 11.0. The van der Waals surface area contributed by atoms with Gasteiger partial charge in [-0.25, -0.2) is 0 Å². The summed E-state index contributed by atoms with van der Waals surface area (Å²) in [5.41, 5.74) is 1.98. The average Bonchev–Trinajstić information content (AvgIpc) is 2.34. The molecule has 0 atom stereocenters. The van der Waals surface area contributed by atoms with Gasteiger partial charge in [0, 0.05) is 20.0 Å². The first-order valence-corrected chi connectivity index (χ1v) is 5.80. The molecule has 1 aromatic rings. The van der Waals surface area contributed by atoms with Crippen molar-refractivity contribution in [2.45, 2.75) is 20.0 Å². The van der Waals surface area contributed by atoms with E-state index in [1.807, 2.05) is 24.3 Å². The van der Waals surface area contributed by atoms with Crippen LogP contribution in [0.4, 0.5) is 0 Å². The second-order valence-corrected chi connectivity index (χ2v) is 3.91. The van der Waals surface area contributed by atoms with Gasteiger partial charge in [0.25, 0.3) is 0 Å². The molecular formula is C12H15ClN2O2. The lowest BCUT2D eigenvalue weighted by atomic mass is 10.1. The van der Waals surface area contributed by atoms with Gasteiger partial charge in [-0.05, 0) is 11.1 Å². The molecule has 0 aliphatic carbocycles. The summed E-state index contributed by atoms with van der Waals surface area (Å²) < 4.78 is 0. The number of amides is 2. The Morgan fingerprint density at radius 3 is 2.29 bits per heavy atom. The van der Waals surface area contributed by atoms with Crippen molar-refractivity contribution in [2.24, 2.45) is 0 Å². The predicted octanol–water partition coefficient (Wildman–Crippen LogP) is 1.18. The van der Waals surface area contributed by atoms with E-state index < -0.39 is 0 Å². The highest BCUT2D eigenvalue weighted by atomic mass is 35.5. The summed E-state index contributed by atoms with van der Waals surface area (Å²) in [5, 5.41) is 5.40. The standard InChI is InChI=1S/C12H15ClN2O2/c1-9(16)14-7-10-3-2-4-11(5-10)8-15-12(17)6-13/h2-5H,6-8H2,1H3,(H,14,16)(H,15,17). The summed E-state index contributed by atoms with van der Waals surface area (Å²) in [6.07, 6.45) is 0. The maximum absolute atomic E-state index is 11.0. The number of carbonyl (C=O) groups is 2. The summed E-state index contributed by atoms with van der Waals surface area (Å²) in [7, 11) is 0. The van der Waals surface area contributed by atoms with E-state index in [1.54, 1.807) is 0 Å². The molecule has 5 heteroatoms. The molecule has 2 N–H and O–H groups in total. The highest BCUT2D eigenvalue weighted by Crippen LogP contribution is 2.05. The first-order chi connectivity index (χ1) is 8.11. The lowest BCUT2D eigenvalue weighted by Gasteiger charge is -2.06. The van der Waals surface area contributed by atoms with E-state index in [9.17, 15) is 9.59 Å². The van der Waals surface area contributed by atoms with E-state index in [0.29, 0.717) is 13.1 Å². The predicted molar refractivity (Wildman–Crippen MR) is 66.5 cm³/mol. The molecule has 0 heterocycles. The van der Waals surface area contributed by atoms with E-state index in [-0.39, 0.29) is 17.7 Å². The Bertz CT molecular complexity index is 407. The smallest absolute Gasteiger partial charge is 0.235 e. The molecule has 4 nitrogen and oxygen atoms in total. The Kier molecular flexibility index (Phi) is 5.49. The fraction of sp³-hybridized carbons (Fsp3) is 0.333. The first-order valence-electron chi connectivity index (χ1n) is 5.26.